The number of hydrogen-bond acceptors (Lipinski definition) is 4. The molecule has 1 aromatic carbocycles. The third-order valence-electron chi connectivity index (χ3n) is 8.69. The first kappa shape index (κ1) is 19.7. The minimum absolute atomic E-state index is 0.104. The third kappa shape index (κ3) is 3.47. The summed E-state index contributed by atoms with van der Waals surface area (Å²) in [6, 6.07) is 8.49. The largest absolute Gasteiger partial charge is 0.494 e. The van der Waals surface area contributed by atoms with E-state index in [0.717, 1.165) is 64.0 Å². The van der Waals surface area contributed by atoms with E-state index in [2.05, 4.69) is 22.3 Å². The minimum atomic E-state index is -0.531. The van der Waals surface area contributed by atoms with Crippen molar-refractivity contribution in [1.82, 2.24) is 10.2 Å². The zero-order valence-electron chi connectivity index (χ0n) is 18.6. The first-order valence-corrected chi connectivity index (χ1v) is 12.2. The van der Waals surface area contributed by atoms with E-state index in [4.69, 9.17) is 4.74 Å². The van der Waals surface area contributed by atoms with Gasteiger partial charge in [0.1, 0.15) is 5.75 Å². The molecule has 0 spiro atoms. The highest BCUT2D eigenvalue weighted by molar-refractivity contribution is 5.75. The monoisotopic (exact) mass is 425 g/mol. The molecule has 2 unspecified atom stereocenters. The van der Waals surface area contributed by atoms with Crippen LogP contribution in [0.4, 0.5) is 10.5 Å². The van der Waals surface area contributed by atoms with Crippen molar-refractivity contribution >= 4 is 11.7 Å². The van der Waals surface area contributed by atoms with Gasteiger partial charge in [0, 0.05) is 49.2 Å². The van der Waals surface area contributed by atoms with Crippen molar-refractivity contribution in [1.29, 1.82) is 0 Å². The average Bonchev–Trinajstić information content (AvgIpc) is 3.26. The highest BCUT2D eigenvalue weighted by atomic mass is 16.5. The van der Waals surface area contributed by atoms with Gasteiger partial charge in [-0.25, -0.2) is 4.79 Å². The molecule has 168 valence electrons. The van der Waals surface area contributed by atoms with Gasteiger partial charge in [0.05, 0.1) is 12.2 Å². The van der Waals surface area contributed by atoms with Gasteiger partial charge in [-0.3, -0.25) is 0 Å². The predicted molar refractivity (Wildman–Crippen MR) is 119 cm³/mol. The number of nitrogens with zero attached hydrogens (tertiary/aromatic N) is 2. The van der Waals surface area contributed by atoms with Crippen LogP contribution in [0.1, 0.15) is 45.4 Å². The summed E-state index contributed by atoms with van der Waals surface area (Å²) >= 11 is 0. The molecule has 6 nitrogen and oxygen atoms in total. The number of benzene rings is 1. The average molecular weight is 426 g/mol. The van der Waals surface area contributed by atoms with Gasteiger partial charge in [-0.1, -0.05) is 0 Å². The van der Waals surface area contributed by atoms with Crippen molar-refractivity contribution in [3.63, 3.8) is 0 Å². The summed E-state index contributed by atoms with van der Waals surface area (Å²) in [5.74, 6) is 3.18. The molecule has 6 fully saturated rings. The number of aliphatic hydroxyl groups is 1. The number of rotatable bonds is 4. The molecular weight excluding hydrogens is 390 g/mol. The fourth-order valence-corrected chi connectivity index (χ4v) is 7.96. The van der Waals surface area contributed by atoms with Gasteiger partial charge in [-0.15, -0.1) is 0 Å². The fourth-order valence-electron chi connectivity index (χ4n) is 7.96. The van der Waals surface area contributed by atoms with E-state index in [1.54, 1.807) is 0 Å². The standard InChI is InChI=1S/C25H35N3O3/c1-2-31-22-5-3-21(4-6-22)27-12-19-14-28(15-20(19)13-27)23(29)26-24-8-17-7-18(9-24)11-25(30,10-17)16-24/h3-6,17-20,30H,2,7-16H2,1H3,(H,26,29)/t17-,18+,19-,20+,24?,25?. The number of likely N-dealkylation sites (tertiary alicyclic amines) is 1. The number of fused-ring (bicyclic) bond motifs is 1. The number of urea groups is 1. The van der Waals surface area contributed by atoms with Crippen LogP contribution in [0.2, 0.25) is 0 Å². The molecule has 4 aliphatic carbocycles. The summed E-state index contributed by atoms with van der Waals surface area (Å²) in [5, 5.41) is 14.4. The maximum Gasteiger partial charge on any atom is 0.317 e. The SMILES string of the molecule is CCOc1ccc(N2C[C@H]3CN(C(=O)NC45C[C@@H]6C[C@@H](CC(O)(C6)C4)C5)C[C@H]3C2)cc1. The van der Waals surface area contributed by atoms with Crippen molar-refractivity contribution in [2.24, 2.45) is 23.7 Å². The molecule has 6 atom stereocenters. The fraction of sp³-hybridized carbons (Fsp3) is 0.720. The zero-order chi connectivity index (χ0) is 21.2. The Hall–Kier alpha value is -1.95. The van der Waals surface area contributed by atoms with Crippen LogP contribution < -0.4 is 15.0 Å². The van der Waals surface area contributed by atoms with Crippen molar-refractivity contribution in [2.75, 3.05) is 37.7 Å². The molecule has 2 N–H and O–H groups in total. The molecule has 0 aromatic heterocycles. The molecule has 6 aliphatic rings. The second-order valence-corrected chi connectivity index (χ2v) is 11.2. The molecule has 7 rings (SSSR count). The van der Waals surface area contributed by atoms with Crippen molar-refractivity contribution < 1.29 is 14.6 Å². The molecule has 2 aliphatic heterocycles. The van der Waals surface area contributed by atoms with E-state index in [9.17, 15) is 9.90 Å². The predicted octanol–water partition coefficient (Wildman–Crippen LogP) is 3.25. The molecule has 0 radical (unpaired) electrons. The number of carbonyl (C=O) groups excluding carboxylic acids is 1. The van der Waals surface area contributed by atoms with Crippen LogP contribution in [0, 0.1) is 23.7 Å². The van der Waals surface area contributed by atoms with Crippen molar-refractivity contribution in [2.45, 2.75) is 56.6 Å². The second-order valence-electron chi connectivity index (χ2n) is 11.2. The van der Waals surface area contributed by atoms with E-state index in [1.165, 1.54) is 12.1 Å². The lowest BCUT2D eigenvalue weighted by atomic mass is 9.51. The quantitative estimate of drug-likeness (QED) is 0.777. The van der Waals surface area contributed by atoms with Crippen LogP contribution in [0.3, 0.4) is 0 Å². The third-order valence-corrected chi connectivity index (χ3v) is 8.69. The number of nitrogens with one attached hydrogen (secondary N) is 1. The van der Waals surface area contributed by atoms with Crippen LogP contribution in [-0.4, -0.2) is 60.0 Å². The summed E-state index contributed by atoms with van der Waals surface area (Å²) < 4.78 is 5.56. The Morgan fingerprint density at radius 1 is 1.06 bits per heavy atom. The van der Waals surface area contributed by atoms with Gasteiger partial charge >= 0.3 is 6.03 Å². The maximum absolute atomic E-state index is 13.2. The van der Waals surface area contributed by atoms with Crippen LogP contribution in [-0.2, 0) is 0 Å². The Labute approximate surface area is 184 Å². The summed E-state index contributed by atoms with van der Waals surface area (Å²) in [7, 11) is 0. The van der Waals surface area contributed by atoms with Crippen molar-refractivity contribution in [3.05, 3.63) is 24.3 Å². The summed E-state index contributed by atoms with van der Waals surface area (Å²) in [6.07, 6.45) is 6.00. The first-order chi connectivity index (χ1) is 14.9. The molecule has 2 heterocycles. The lowest BCUT2D eigenvalue weighted by Gasteiger charge is -2.60. The molecule has 1 aromatic rings. The summed E-state index contributed by atoms with van der Waals surface area (Å²) in [5.41, 5.74) is 0.551. The van der Waals surface area contributed by atoms with Crippen molar-refractivity contribution in [3.8, 4) is 5.75 Å². The number of ether oxygens (including phenoxy) is 1. The number of carbonyl (C=O) groups is 1. The van der Waals surface area contributed by atoms with Crippen LogP contribution in [0.25, 0.3) is 0 Å². The van der Waals surface area contributed by atoms with Gasteiger partial charge in [0.15, 0.2) is 0 Å². The van der Waals surface area contributed by atoms with Crippen LogP contribution in [0.5, 0.6) is 5.75 Å². The van der Waals surface area contributed by atoms with Gasteiger partial charge in [-0.05, 0) is 81.5 Å². The van der Waals surface area contributed by atoms with Gasteiger partial charge in [0.25, 0.3) is 0 Å². The Kier molecular flexibility index (Phi) is 4.47. The topological polar surface area (TPSA) is 65.0 Å². The molecule has 4 saturated carbocycles. The van der Waals surface area contributed by atoms with E-state index < -0.39 is 5.60 Å². The molecule has 4 bridgehead atoms. The minimum Gasteiger partial charge on any atom is -0.494 e. The second kappa shape index (κ2) is 7.03. The molecule has 6 heteroatoms. The molecule has 31 heavy (non-hydrogen) atoms. The van der Waals surface area contributed by atoms with E-state index in [-0.39, 0.29) is 11.6 Å². The number of hydrogen-bond donors (Lipinski definition) is 2. The Morgan fingerprint density at radius 3 is 2.29 bits per heavy atom. The summed E-state index contributed by atoms with van der Waals surface area (Å²) in [6.45, 7) is 6.40. The van der Waals surface area contributed by atoms with E-state index in [1.807, 2.05) is 24.0 Å². The first-order valence-electron chi connectivity index (χ1n) is 12.2. The number of anilines is 1. The van der Waals surface area contributed by atoms with Gasteiger partial charge in [-0.2, -0.15) is 0 Å². The highest BCUT2D eigenvalue weighted by Gasteiger charge is 2.58. The lowest BCUT2D eigenvalue weighted by molar-refractivity contribution is -0.139. The summed E-state index contributed by atoms with van der Waals surface area (Å²) in [4.78, 5) is 17.7. The Morgan fingerprint density at radius 2 is 1.71 bits per heavy atom. The Balaban J connectivity index is 1.07. The van der Waals surface area contributed by atoms with Crippen LogP contribution in [0.15, 0.2) is 24.3 Å². The molecular formula is C25H35N3O3. The maximum atomic E-state index is 13.2. The highest BCUT2D eigenvalue weighted by Crippen LogP contribution is 2.57. The smallest absolute Gasteiger partial charge is 0.317 e. The zero-order valence-corrected chi connectivity index (χ0v) is 18.6. The van der Waals surface area contributed by atoms with E-state index in [0.29, 0.717) is 30.3 Å². The molecule has 2 saturated heterocycles. The normalized spacial score (nSPS) is 40.3. The van der Waals surface area contributed by atoms with Gasteiger partial charge in [0.2, 0.25) is 0 Å². The number of amides is 2. The van der Waals surface area contributed by atoms with Gasteiger partial charge < -0.3 is 25.0 Å². The van der Waals surface area contributed by atoms with E-state index >= 15 is 0 Å². The van der Waals surface area contributed by atoms with Crippen LogP contribution >= 0.6 is 0 Å². The Bertz CT molecular complexity index is 828. The molecule has 2 amide bonds. The lowest BCUT2D eigenvalue weighted by Crippen LogP contribution is -2.66.